The Bertz CT molecular complexity index is 1370. The van der Waals surface area contributed by atoms with Crippen molar-refractivity contribution >= 4 is 17.5 Å². The molecule has 0 unspecified atom stereocenters. The average molecular weight is 577 g/mol. The van der Waals surface area contributed by atoms with Crippen LogP contribution in [-0.2, 0) is 16.9 Å². The molecule has 3 heterocycles. The van der Waals surface area contributed by atoms with Gasteiger partial charge in [-0.3, -0.25) is 4.79 Å². The number of carbonyl (C=O) groups is 1. The predicted octanol–water partition coefficient (Wildman–Crippen LogP) is 5.33. The highest BCUT2D eigenvalue weighted by atomic mass is 35.5. The third-order valence-corrected chi connectivity index (χ3v) is 9.11. The van der Waals surface area contributed by atoms with Crippen LogP contribution in [0.2, 0.25) is 5.02 Å². The van der Waals surface area contributed by atoms with Crippen molar-refractivity contribution in [3.05, 3.63) is 94.0 Å². The van der Waals surface area contributed by atoms with Crippen molar-refractivity contribution in [3.63, 3.8) is 0 Å². The van der Waals surface area contributed by atoms with Gasteiger partial charge in [-0.25, -0.2) is 0 Å². The van der Waals surface area contributed by atoms with E-state index < -0.39 is 6.10 Å². The fourth-order valence-corrected chi connectivity index (χ4v) is 6.78. The molecule has 2 saturated heterocycles. The highest BCUT2D eigenvalue weighted by Gasteiger charge is 2.42. The molecule has 7 nitrogen and oxygen atoms in total. The summed E-state index contributed by atoms with van der Waals surface area (Å²) in [7, 11) is 0. The number of nitrogens with zero attached hydrogens (tertiary/aromatic N) is 2. The number of rotatable bonds is 7. The summed E-state index contributed by atoms with van der Waals surface area (Å²) < 4.78 is 12.2. The van der Waals surface area contributed by atoms with Gasteiger partial charge in [0.05, 0.1) is 17.8 Å². The molecule has 0 aliphatic carbocycles. The number of phenols is 1. The van der Waals surface area contributed by atoms with Gasteiger partial charge in [0.1, 0.15) is 24.2 Å². The Labute approximate surface area is 246 Å². The maximum atomic E-state index is 13.4. The van der Waals surface area contributed by atoms with Crippen molar-refractivity contribution in [2.45, 2.75) is 49.9 Å². The maximum absolute atomic E-state index is 13.4. The number of ether oxygens (including phenoxy) is 2. The number of carbonyl (C=O) groups excluding carboxylic acids is 1. The smallest absolute Gasteiger partial charge is 0.257 e. The van der Waals surface area contributed by atoms with Crippen LogP contribution in [0, 0.1) is 0 Å². The summed E-state index contributed by atoms with van der Waals surface area (Å²) in [5.41, 5.74) is 3.85. The van der Waals surface area contributed by atoms with Crippen LogP contribution < -0.4 is 4.74 Å². The number of aromatic hydroxyl groups is 1. The van der Waals surface area contributed by atoms with Gasteiger partial charge < -0.3 is 29.5 Å². The Kier molecular flexibility index (Phi) is 8.22. The topological polar surface area (TPSA) is 82.5 Å². The van der Waals surface area contributed by atoms with Crippen LogP contribution in [-0.4, -0.2) is 71.4 Å². The molecule has 41 heavy (non-hydrogen) atoms. The second kappa shape index (κ2) is 12.0. The average Bonchev–Trinajstić information content (AvgIpc) is 3.34. The van der Waals surface area contributed by atoms with Gasteiger partial charge in [-0.05, 0) is 72.6 Å². The van der Waals surface area contributed by atoms with Gasteiger partial charge in [0.25, 0.3) is 5.91 Å². The van der Waals surface area contributed by atoms with E-state index in [0.29, 0.717) is 43.5 Å². The Morgan fingerprint density at radius 3 is 2.54 bits per heavy atom. The summed E-state index contributed by atoms with van der Waals surface area (Å²) in [6.45, 7) is 4.00. The second-order valence-corrected chi connectivity index (χ2v) is 11.9. The SMILES string of the molecule is O=C(c1ccc(O)cc1OC[C@@H](O)CN1CCC2(CC1)OCc1cc(Cl)ccc12)N1CCC(c2ccccc2)CC1. The van der Waals surface area contributed by atoms with Gasteiger partial charge in [-0.15, -0.1) is 0 Å². The summed E-state index contributed by atoms with van der Waals surface area (Å²) in [5.74, 6) is 0.657. The first-order valence-electron chi connectivity index (χ1n) is 14.5. The zero-order valence-electron chi connectivity index (χ0n) is 23.2. The molecule has 3 aromatic carbocycles. The van der Waals surface area contributed by atoms with E-state index >= 15 is 0 Å². The molecule has 216 valence electrons. The van der Waals surface area contributed by atoms with Gasteiger partial charge in [0.2, 0.25) is 0 Å². The Morgan fingerprint density at radius 1 is 1.02 bits per heavy atom. The molecular formula is C33H37ClN2O5. The quantitative estimate of drug-likeness (QED) is 0.396. The molecule has 2 fully saturated rings. The molecule has 0 radical (unpaired) electrons. The fraction of sp³-hybridized carbons (Fsp3) is 0.424. The number of hydrogen-bond acceptors (Lipinski definition) is 6. The first kappa shape index (κ1) is 28.0. The molecule has 6 rings (SSSR count). The van der Waals surface area contributed by atoms with E-state index in [1.165, 1.54) is 23.3 Å². The van der Waals surface area contributed by atoms with Crippen molar-refractivity contribution in [1.29, 1.82) is 0 Å². The zero-order chi connectivity index (χ0) is 28.4. The number of halogens is 1. The minimum absolute atomic E-state index is 0.0216. The van der Waals surface area contributed by atoms with Gasteiger partial charge >= 0.3 is 0 Å². The summed E-state index contributed by atoms with van der Waals surface area (Å²) in [6, 6.07) is 21.0. The number of benzene rings is 3. The molecule has 0 bridgehead atoms. The third kappa shape index (κ3) is 6.09. The Balaban J connectivity index is 1.02. The second-order valence-electron chi connectivity index (χ2n) is 11.5. The van der Waals surface area contributed by atoms with E-state index in [1.807, 2.05) is 23.1 Å². The minimum Gasteiger partial charge on any atom is -0.508 e. The Morgan fingerprint density at radius 2 is 1.78 bits per heavy atom. The number of piperidine rings is 2. The Hall–Kier alpha value is -3.10. The number of aliphatic hydroxyl groups is 1. The molecule has 0 aromatic heterocycles. The highest BCUT2D eigenvalue weighted by Crippen LogP contribution is 2.44. The molecule has 1 amide bonds. The molecule has 8 heteroatoms. The van der Waals surface area contributed by atoms with Gasteiger partial charge in [-0.1, -0.05) is 48.0 Å². The molecule has 3 aromatic rings. The van der Waals surface area contributed by atoms with E-state index in [1.54, 1.807) is 6.07 Å². The van der Waals surface area contributed by atoms with Crippen LogP contribution in [0.25, 0.3) is 0 Å². The van der Waals surface area contributed by atoms with Crippen LogP contribution in [0.1, 0.15) is 58.6 Å². The van der Waals surface area contributed by atoms with E-state index in [-0.39, 0.29) is 23.9 Å². The van der Waals surface area contributed by atoms with Crippen LogP contribution in [0.15, 0.2) is 66.7 Å². The molecule has 1 spiro atoms. The van der Waals surface area contributed by atoms with Crippen molar-refractivity contribution < 1.29 is 24.5 Å². The number of amides is 1. The third-order valence-electron chi connectivity index (χ3n) is 8.87. The number of phenolic OH excluding ortho intramolecular Hbond substituents is 1. The van der Waals surface area contributed by atoms with Gasteiger partial charge in [-0.2, -0.15) is 0 Å². The maximum Gasteiger partial charge on any atom is 0.257 e. The van der Waals surface area contributed by atoms with Crippen LogP contribution in [0.5, 0.6) is 11.5 Å². The molecular weight excluding hydrogens is 540 g/mol. The van der Waals surface area contributed by atoms with Crippen molar-refractivity contribution in [2.75, 3.05) is 39.3 Å². The monoisotopic (exact) mass is 576 g/mol. The number of hydrogen-bond donors (Lipinski definition) is 2. The van der Waals surface area contributed by atoms with Crippen LogP contribution in [0.3, 0.4) is 0 Å². The van der Waals surface area contributed by atoms with Crippen LogP contribution in [0.4, 0.5) is 0 Å². The zero-order valence-corrected chi connectivity index (χ0v) is 23.9. The summed E-state index contributed by atoms with van der Waals surface area (Å²) >= 11 is 6.17. The predicted molar refractivity (Wildman–Crippen MR) is 158 cm³/mol. The van der Waals surface area contributed by atoms with Crippen LogP contribution >= 0.6 is 11.6 Å². The number of likely N-dealkylation sites (tertiary alicyclic amines) is 2. The van der Waals surface area contributed by atoms with E-state index in [0.717, 1.165) is 49.4 Å². The normalized spacial score (nSPS) is 19.7. The number of β-amino-alcohol motifs (C(OH)–C–C–N with tert-alkyl or cyclic N) is 1. The van der Waals surface area contributed by atoms with Gasteiger partial charge in [0.15, 0.2) is 0 Å². The molecule has 3 aliphatic rings. The lowest BCUT2D eigenvalue weighted by Gasteiger charge is -2.39. The van der Waals surface area contributed by atoms with Crippen molar-refractivity contribution in [1.82, 2.24) is 9.80 Å². The summed E-state index contributed by atoms with van der Waals surface area (Å²) in [5, 5.41) is 21.7. The fourth-order valence-electron chi connectivity index (χ4n) is 6.59. The van der Waals surface area contributed by atoms with E-state index in [2.05, 4.69) is 35.2 Å². The lowest BCUT2D eigenvalue weighted by molar-refractivity contribution is -0.0835. The highest BCUT2D eigenvalue weighted by molar-refractivity contribution is 6.30. The lowest BCUT2D eigenvalue weighted by Crippen LogP contribution is -2.46. The van der Waals surface area contributed by atoms with E-state index in [4.69, 9.17) is 21.1 Å². The minimum atomic E-state index is -0.744. The van der Waals surface area contributed by atoms with Crippen molar-refractivity contribution in [3.8, 4) is 11.5 Å². The summed E-state index contributed by atoms with van der Waals surface area (Å²) in [4.78, 5) is 17.5. The molecule has 1 atom stereocenters. The van der Waals surface area contributed by atoms with Gasteiger partial charge in [0, 0.05) is 43.8 Å². The van der Waals surface area contributed by atoms with Crippen molar-refractivity contribution in [2.24, 2.45) is 0 Å². The summed E-state index contributed by atoms with van der Waals surface area (Å²) in [6.07, 6.45) is 2.77. The standard InChI is InChI=1S/C33H37ClN2O5/c34-26-6-9-30-25(18-26)21-41-33(30)12-16-35(17-13-33)20-28(38)22-40-31-19-27(37)7-8-29(31)32(39)36-14-10-24(11-15-36)23-4-2-1-3-5-23/h1-9,18-19,24,28,37-38H,10-17,20-22H2/t28-/m0/s1. The first-order chi connectivity index (χ1) is 19.9. The molecule has 3 aliphatic heterocycles. The lowest BCUT2D eigenvalue weighted by atomic mass is 9.84. The number of aliphatic hydroxyl groups excluding tert-OH is 1. The largest absolute Gasteiger partial charge is 0.508 e. The van der Waals surface area contributed by atoms with E-state index in [9.17, 15) is 15.0 Å². The number of fused-ring (bicyclic) bond motifs is 2. The molecule has 2 N–H and O–H groups in total. The molecule has 0 saturated carbocycles. The first-order valence-corrected chi connectivity index (χ1v) is 14.9.